The maximum atomic E-state index is 11.4. The number of halogens is 1. The first-order chi connectivity index (χ1) is 10.7. The molecule has 3 rings (SSSR count). The highest BCUT2D eigenvalue weighted by Gasteiger charge is 2.14. The molecule has 0 amide bonds. The number of aromatic nitrogens is 4. The molecule has 0 fully saturated rings. The van der Waals surface area contributed by atoms with Gasteiger partial charge in [0, 0.05) is 5.69 Å². The Labute approximate surface area is 130 Å². The van der Waals surface area contributed by atoms with Crippen molar-refractivity contribution in [3.05, 3.63) is 41.8 Å². The number of benzene rings is 1. The topological polar surface area (TPSA) is 81.9 Å². The van der Waals surface area contributed by atoms with Gasteiger partial charge in [-0.1, -0.05) is 29.8 Å². The third-order valence-electron chi connectivity index (χ3n) is 2.99. The highest BCUT2D eigenvalue weighted by Crippen LogP contribution is 2.23. The van der Waals surface area contributed by atoms with Gasteiger partial charge in [0.25, 0.3) is 0 Å². The first-order valence-corrected chi connectivity index (χ1v) is 6.82. The minimum Gasteiger partial charge on any atom is -0.468 e. The fourth-order valence-electron chi connectivity index (χ4n) is 1.97. The number of nitrogens with one attached hydrogen (secondary N) is 1. The number of carbonyl (C=O) groups excluding carboxylic acids is 1. The molecule has 0 bridgehead atoms. The molecule has 1 N–H and O–H groups in total. The predicted molar refractivity (Wildman–Crippen MR) is 82.1 cm³/mol. The highest BCUT2D eigenvalue weighted by molar-refractivity contribution is 6.33. The Kier molecular flexibility index (Phi) is 3.88. The number of methoxy groups -OCH3 is 1. The second-order valence-corrected chi connectivity index (χ2v) is 4.81. The molecule has 7 nitrogen and oxygen atoms in total. The minimum absolute atomic E-state index is 0.00153. The Morgan fingerprint density at radius 3 is 2.82 bits per heavy atom. The van der Waals surface area contributed by atoms with Gasteiger partial charge in [-0.15, -0.1) is 0 Å². The van der Waals surface area contributed by atoms with Gasteiger partial charge in [-0.05, 0) is 12.1 Å². The van der Waals surface area contributed by atoms with Gasteiger partial charge in [-0.2, -0.15) is 9.97 Å². The van der Waals surface area contributed by atoms with Gasteiger partial charge >= 0.3 is 5.97 Å². The Bertz CT molecular complexity index is 819. The molecule has 0 atom stereocenters. The molecule has 112 valence electrons. The fraction of sp³-hybridized carbons (Fsp3) is 0.143. The second kappa shape index (κ2) is 5.98. The molecule has 0 radical (unpaired) electrons. The van der Waals surface area contributed by atoms with E-state index in [0.717, 1.165) is 5.69 Å². The Balaban J connectivity index is 1.95. The van der Waals surface area contributed by atoms with Crippen LogP contribution in [0, 0.1) is 0 Å². The van der Waals surface area contributed by atoms with Crippen LogP contribution in [0.3, 0.4) is 0 Å². The van der Waals surface area contributed by atoms with Crippen LogP contribution in [0.2, 0.25) is 5.15 Å². The largest absolute Gasteiger partial charge is 0.468 e. The van der Waals surface area contributed by atoms with Crippen LogP contribution in [0.1, 0.15) is 0 Å². The number of nitrogens with zero attached hydrogens (tertiary/aromatic N) is 4. The number of para-hydroxylation sites is 1. The summed E-state index contributed by atoms with van der Waals surface area (Å²) in [6.07, 6.45) is 1.48. The van der Waals surface area contributed by atoms with Crippen molar-refractivity contribution in [1.29, 1.82) is 0 Å². The Morgan fingerprint density at radius 1 is 1.32 bits per heavy atom. The number of fused-ring (bicyclic) bond motifs is 1. The molecule has 3 aromatic rings. The van der Waals surface area contributed by atoms with E-state index in [2.05, 4.69) is 25.0 Å². The number of anilines is 2. The van der Waals surface area contributed by atoms with Crippen molar-refractivity contribution in [3.63, 3.8) is 0 Å². The summed E-state index contributed by atoms with van der Waals surface area (Å²) in [5, 5.41) is 3.26. The van der Waals surface area contributed by atoms with Gasteiger partial charge < -0.3 is 14.6 Å². The van der Waals surface area contributed by atoms with Crippen molar-refractivity contribution < 1.29 is 9.53 Å². The first kappa shape index (κ1) is 14.3. The zero-order chi connectivity index (χ0) is 15.5. The van der Waals surface area contributed by atoms with Crippen LogP contribution in [0.25, 0.3) is 11.2 Å². The SMILES string of the molecule is COC(=O)Cn1cnc2nc(Nc3ccccc3)nc(Cl)c21. The van der Waals surface area contributed by atoms with Crippen molar-refractivity contribution in [3.8, 4) is 0 Å². The predicted octanol–water partition coefficient (Wildman–Crippen LogP) is 2.40. The van der Waals surface area contributed by atoms with Gasteiger partial charge in [0.2, 0.25) is 5.95 Å². The molecule has 0 aliphatic heterocycles. The summed E-state index contributed by atoms with van der Waals surface area (Å²) in [6, 6.07) is 9.48. The van der Waals surface area contributed by atoms with E-state index in [1.54, 1.807) is 4.57 Å². The van der Waals surface area contributed by atoms with Gasteiger partial charge in [-0.3, -0.25) is 4.79 Å². The van der Waals surface area contributed by atoms with E-state index in [9.17, 15) is 4.79 Å². The van der Waals surface area contributed by atoms with Gasteiger partial charge in [0.05, 0.1) is 13.4 Å². The van der Waals surface area contributed by atoms with Crippen LogP contribution in [0.15, 0.2) is 36.7 Å². The fourth-order valence-corrected chi connectivity index (χ4v) is 2.24. The maximum Gasteiger partial charge on any atom is 0.325 e. The van der Waals surface area contributed by atoms with E-state index in [-0.39, 0.29) is 11.7 Å². The van der Waals surface area contributed by atoms with Crippen LogP contribution in [0.4, 0.5) is 11.6 Å². The van der Waals surface area contributed by atoms with E-state index in [0.29, 0.717) is 17.1 Å². The monoisotopic (exact) mass is 317 g/mol. The van der Waals surface area contributed by atoms with E-state index < -0.39 is 5.97 Å². The summed E-state index contributed by atoms with van der Waals surface area (Å²) in [4.78, 5) is 24.0. The van der Waals surface area contributed by atoms with Crippen molar-refractivity contribution in [2.75, 3.05) is 12.4 Å². The van der Waals surface area contributed by atoms with Gasteiger partial charge in [0.1, 0.15) is 12.1 Å². The van der Waals surface area contributed by atoms with Crippen LogP contribution in [0.5, 0.6) is 0 Å². The lowest BCUT2D eigenvalue weighted by Gasteiger charge is -2.06. The zero-order valence-corrected chi connectivity index (χ0v) is 12.4. The molecule has 22 heavy (non-hydrogen) atoms. The molecule has 0 saturated heterocycles. The highest BCUT2D eigenvalue weighted by atomic mass is 35.5. The van der Waals surface area contributed by atoms with Gasteiger partial charge in [-0.25, -0.2) is 4.98 Å². The molecule has 0 aliphatic carbocycles. The quantitative estimate of drug-likeness (QED) is 0.588. The number of ether oxygens (including phenoxy) is 1. The lowest BCUT2D eigenvalue weighted by atomic mass is 10.3. The number of rotatable bonds is 4. The van der Waals surface area contributed by atoms with Crippen molar-refractivity contribution in [2.24, 2.45) is 0 Å². The number of esters is 1. The van der Waals surface area contributed by atoms with Gasteiger partial charge in [0.15, 0.2) is 10.8 Å². The summed E-state index contributed by atoms with van der Waals surface area (Å²) < 4.78 is 6.18. The molecule has 0 spiro atoms. The van der Waals surface area contributed by atoms with Crippen LogP contribution < -0.4 is 5.32 Å². The number of hydrogen-bond donors (Lipinski definition) is 1. The van der Waals surface area contributed by atoms with Crippen LogP contribution >= 0.6 is 11.6 Å². The van der Waals surface area contributed by atoms with E-state index >= 15 is 0 Å². The number of carbonyl (C=O) groups is 1. The van der Waals surface area contributed by atoms with Crippen molar-refractivity contribution >= 4 is 40.4 Å². The van der Waals surface area contributed by atoms with Crippen LogP contribution in [-0.2, 0) is 16.1 Å². The van der Waals surface area contributed by atoms with Crippen LogP contribution in [-0.4, -0.2) is 32.6 Å². The number of hydrogen-bond acceptors (Lipinski definition) is 6. The average Bonchev–Trinajstić information content (AvgIpc) is 2.91. The molecular weight excluding hydrogens is 306 g/mol. The molecule has 2 aromatic heterocycles. The summed E-state index contributed by atoms with van der Waals surface area (Å²) in [5.41, 5.74) is 1.74. The third kappa shape index (κ3) is 2.84. The smallest absolute Gasteiger partial charge is 0.325 e. The summed E-state index contributed by atoms with van der Waals surface area (Å²) >= 11 is 6.20. The standard InChI is InChI=1S/C14H12ClN5O2/c1-22-10(21)7-20-8-16-13-11(20)12(15)18-14(19-13)17-9-5-3-2-4-6-9/h2-6,8H,7H2,1H3,(H,17,18,19). The van der Waals surface area contributed by atoms with Crippen molar-refractivity contribution in [1.82, 2.24) is 19.5 Å². The van der Waals surface area contributed by atoms with E-state index in [1.807, 2.05) is 30.3 Å². The minimum atomic E-state index is -0.401. The Morgan fingerprint density at radius 2 is 2.09 bits per heavy atom. The second-order valence-electron chi connectivity index (χ2n) is 4.45. The van der Waals surface area contributed by atoms with Crippen molar-refractivity contribution in [2.45, 2.75) is 6.54 Å². The summed E-state index contributed by atoms with van der Waals surface area (Å²) in [5.74, 6) is -0.0612. The van der Waals surface area contributed by atoms with E-state index in [1.165, 1.54) is 13.4 Å². The molecule has 0 saturated carbocycles. The molecule has 0 aliphatic rings. The summed E-state index contributed by atoms with van der Waals surface area (Å²) in [6.45, 7) is 0.00153. The Hall–Kier alpha value is -2.67. The molecular formula is C14H12ClN5O2. The normalized spacial score (nSPS) is 10.6. The molecule has 0 unspecified atom stereocenters. The molecule has 1 aromatic carbocycles. The lowest BCUT2D eigenvalue weighted by Crippen LogP contribution is -2.11. The third-order valence-corrected chi connectivity index (χ3v) is 3.25. The number of imidazole rings is 1. The summed E-state index contributed by atoms with van der Waals surface area (Å²) in [7, 11) is 1.32. The first-order valence-electron chi connectivity index (χ1n) is 6.44. The molecule has 2 heterocycles. The maximum absolute atomic E-state index is 11.4. The zero-order valence-electron chi connectivity index (χ0n) is 11.7. The lowest BCUT2D eigenvalue weighted by molar-refractivity contribution is -0.141. The molecule has 8 heteroatoms. The average molecular weight is 318 g/mol. The van der Waals surface area contributed by atoms with E-state index in [4.69, 9.17) is 11.6 Å².